The predicted octanol–water partition coefficient (Wildman–Crippen LogP) is 4.37. The molecule has 2 aromatic carbocycles. The quantitative estimate of drug-likeness (QED) is 0.383. The summed E-state index contributed by atoms with van der Waals surface area (Å²) in [5.41, 5.74) is -1.22. The van der Waals surface area contributed by atoms with Gasteiger partial charge in [-0.15, -0.1) is 0 Å². The highest BCUT2D eigenvalue weighted by Gasteiger charge is 2.76. The molecule has 10 heteroatoms. The number of hydrogen-bond acceptors (Lipinski definition) is 7. The van der Waals surface area contributed by atoms with E-state index in [0.29, 0.717) is 48.9 Å². The molecule has 6 atom stereocenters. The summed E-state index contributed by atoms with van der Waals surface area (Å²) >= 11 is 0. The van der Waals surface area contributed by atoms with Crippen LogP contribution in [-0.4, -0.2) is 84.4 Å². The van der Waals surface area contributed by atoms with Crippen LogP contribution in [0.25, 0.3) is 0 Å². The number of aliphatic hydroxyl groups excluding tert-OH is 1. The number of ether oxygens (including phenoxy) is 3. The Kier molecular flexibility index (Phi) is 8.93. The summed E-state index contributed by atoms with van der Waals surface area (Å²) in [5, 5.41) is 10.7. The van der Waals surface area contributed by atoms with Crippen LogP contribution in [0.3, 0.4) is 0 Å². The number of fused-ring (bicyclic) bond motifs is 2. The van der Waals surface area contributed by atoms with Crippen LogP contribution in [-0.2, 0) is 19.1 Å². The molecule has 1 N–H and O–H groups in total. The number of hydrogen-bond donors (Lipinski definition) is 1. The first-order valence-electron chi connectivity index (χ1n) is 16.6. The van der Waals surface area contributed by atoms with Gasteiger partial charge in [-0.1, -0.05) is 45.1 Å². The maximum absolute atomic E-state index is 14.9. The van der Waals surface area contributed by atoms with Crippen LogP contribution in [0.5, 0.6) is 11.5 Å². The molecule has 4 aliphatic rings. The van der Waals surface area contributed by atoms with Crippen molar-refractivity contribution in [3.05, 3.63) is 72.8 Å². The monoisotopic (exact) mass is 643 g/mol. The molecule has 2 aromatic rings. The fourth-order valence-electron chi connectivity index (χ4n) is 8.03. The van der Waals surface area contributed by atoms with Crippen molar-refractivity contribution in [3.8, 4) is 11.5 Å². The van der Waals surface area contributed by atoms with Crippen molar-refractivity contribution in [1.29, 1.82) is 0 Å². The zero-order valence-corrected chi connectivity index (χ0v) is 27.8. The van der Waals surface area contributed by atoms with E-state index in [1.165, 1.54) is 0 Å². The molecule has 0 bridgehead atoms. The second-order valence-corrected chi connectivity index (χ2v) is 13.2. The van der Waals surface area contributed by atoms with E-state index >= 15 is 0 Å². The molecular formula is C37H45N3O7. The number of benzene rings is 2. The topological polar surface area (TPSA) is 109 Å². The zero-order chi connectivity index (χ0) is 33.5. The van der Waals surface area contributed by atoms with E-state index in [1.807, 2.05) is 88.4 Å². The summed E-state index contributed by atoms with van der Waals surface area (Å²) < 4.78 is 18.1. The molecule has 1 spiro atoms. The van der Waals surface area contributed by atoms with E-state index in [4.69, 9.17) is 14.2 Å². The van der Waals surface area contributed by atoms with Gasteiger partial charge in [0.2, 0.25) is 11.8 Å². The lowest BCUT2D eigenvalue weighted by Crippen LogP contribution is -2.59. The number of anilines is 2. The van der Waals surface area contributed by atoms with Crippen molar-refractivity contribution in [2.24, 2.45) is 17.8 Å². The Balaban J connectivity index is 1.48. The molecule has 250 valence electrons. The third-order valence-corrected chi connectivity index (χ3v) is 10.1. The van der Waals surface area contributed by atoms with Gasteiger partial charge in [-0.25, -0.2) is 0 Å². The van der Waals surface area contributed by atoms with Crippen LogP contribution in [0, 0.1) is 17.8 Å². The average molecular weight is 644 g/mol. The van der Waals surface area contributed by atoms with Crippen molar-refractivity contribution in [2.75, 3.05) is 43.2 Å². The Morgan fingerprint density at radius 1 is 0.851 bits per heavy atom. The molecule has 0 radical (unpaired) electrons. The van der Waals surface area contributed by atoms with Crippen molar-refractivity contribution in [2.45, 2.75) is 63.8 Å². The Hall–Kier alpha value is -4.15. The van der Waals surface area contributed by atoms with Gasteiger partial charge in [-0.2, -0.15) is 0 Å². The number of carbonyl (C=O) groups excluding carboxylic acids is 3. The van der Waals surface area contributed by atoms with Gasteiger partial charge in [0.05, 0.1) is 43.8 Å². The number of carbonyl (C=O) groups is 3. The predicted molar refractivity (Wildman–Crippen MR) is 178 cm³/mol. The molecule has 4 heterocycles. The van der Waals surface area contributed by atoms with Gasteiger partial charge in [0, 0.05) is 24.5 Å². The van der Waals surface area contributed by atoms with E-state index < -0.39 is 35.1 Å². The first-order valence-corrected chi connectivity index (χ1v) is 16.6. The minimum atomic E-state index is -1.43. The molecule has 3 amide bonds. The third-order valence-electron chi connectivity index (χ3n) is 10.1. The standard InChI is InChI=1S/C37H45N3O7/c1-6-36-18-8-20-38(25-12-16-29(17-13-25)46-7-2)33(42)30(36)31-34(43)40(27(23-41)22-24(3)4)32-35(44)39(21-9-19-37(31,32)47-36)26-10-14-28(45-5)15-11-26/h8-19,24,27,30-32,41H,6-7,20-23H2,1-5H3/t27-,30-,31+,32?,36+,37+/m1/s1. The summed E-state index contributed by atoms with van der Waals surface area (Å²) in [5.74, 6) is -1.29. The smallest absolute Gasteiger partial charge is 0.253 e. The van der Waals surface area contributed by atoms with E-state index in [-0.39, 0.29) is 36.8 Å². The van der Waals surface area contributed by atoms with Crippen molar-refractivity contribution < 1.29 is 33.7 Å². The second kappa shape index (κ2) is 12.8. The molecular weight excluding hydrogens is 598 g/mol. The number of methoxy groups -OCH3 is 1. The molecule has 0 saturated carbocycles. The Morgan fingerprint density at radius 3 is 2.00 bits per heavy atom. The number of amides is 3. The SMILES string of the molecule is CCOc1ccc(N2CC=C[C@]3(CC)O[C@]45C=CCN(c6ccc(OC)cc6)C(=O)C4N([C@@H](CO)CC(C)C)C(=O)[C@@H]5[C@@H]3C2=O)cc1. The summed E-state index contributed by atoms with van der Waals surface area (Å²) in [7, 11) is 1.58. The first kappa shape index (κ1) is 32.8. The van der Waals surface area contributed by atoms with Crippen LogP contribution >= 0.6 is 0 Å². The average Bonchev–Trinajstić information content (AvgIpc) is 3.37. The van der Waals surface area contributed by atoms with Crippen LogP contribution in [0.4, 0.5) is 11.4 Å². The van der Waals surface area contributed by atoms with Gasteiger partial charge in [0.15, 0.2) is 0 Å². The summed E-state index contributed by atoms with van der Waals surface area (Å²) in [4.78, 5) is 49.5. The Morgan fingerprint density at radius 2 is 1.45 bits per heavy atom. The third kappa shape index (κ3) is 5.31. The molecule has 6 rings (SSSR count). The van der Waals surface area contributed by atoms with E-state index in [0.717, 1.165) is 0 Å². The number of rotatable bonds is 10. The summed E-state index contributed by atoms with van der Waals surface area (Å²) in [6.45, 7) is 8.67. The van der Waals surface area contributed by atoms with Gasteiger partial charge < -0.3 is 34.0 Å². The van der Waals surface area contributed by atoms with Crippen molar-refractivity contribution >= 4 is 29.1 Å². The molecule has 0 aromatic heterocycles. The number of likely N-dealkylation sites (tertiary alicyclic amines) is 1. The molecule has 0 aliphatic carbocycles. The minimum Gasteiger partial charge on any atom is -0.497 e. The molecule has 4 aliphatic heterocycles. The fourth-order valence-corrected chi connectivity index (χ4v) is 8.03. The Labute approximate surface area is 276 Å². The summed E-state index contributed by atoms with van der Waals surface area (Å²) in [6.07, 6.45) is 8.47. The van der Waals surface area contributed by atoms with E-state index in [9.17, 15) is 19.5 Å². The van der Waals surface area contributed by atoms with E-state index in [1.54, 1.807) is 33.9 Å². The first-order chi connectivity index (χ1) is 22.6. The van der Waals surface area contributed by atoms with Crippen molar-refractivity contribution in [1.82, 2.24) is 4.90 Å². The lowest BCUT2D eigenvalue weighted by molar-refractivity contribution is -0.149. The molecule has 47 heavy (non-hydrogen) atoms. The number of nitrogens with zero attached hydrogens (tertiary/aromatic N) is 3. The lowest BCUT2D eigenvalue weighted by Gasteiger charge is -2.41. The van der Waals surface area contributed by atoms with Crippen molar-refractivity contribution in [3.63, 3.8) is 0 Å². The van der Waals surface area contributed by atoms with Gasteiger partial charge in [0.1, 0.15) is 23.1 Å². The minimum absolute atomic E-state index is 0.138. The highest BCUT2D eigenvalue weighted by atomic mass is 16.5. The maximum Gasteiger partial charge on any atom is 0.253 e. The molecule has 10 nitrogen and oxygen atoms in total. The van der Waals surface area contributed by atoms with Crippen LogP contribution < -0.4 is 19.3 Å². The number of aliphatic hydroxyl groups is 1. The van der Waals surface area contributed by atoms with E-state index in [2.05, 4.69) is 0 Å². The molecule has 2 saturated heterocycles. The Bertz CT molecular complexity index is 1550. The molecule has 1 unspecified atom stereocenters. The van der Waals surface area contributed by atoms with Crippen LogP contribution in [0.1, 0.15) is 40.5 Å². The zero-order valence-electron chi connectivity index (χ0n) is 27.8. The summed E-state index contributed by atoms with van der Waals surface area (Å²) in [6, 6.07) is 12.8. The largest absolute Gasteiger partial charge is 0.497 e. The van der Waals surface area contributed by atoms with Crippen LogP contribution in [0.2, 0.25) is 0 Å². The maximum atomic E-state index is 14.9. The van der Waals surface area contributed by atoms with Gasteiger partial charge in [0.25, 0.3) is 5.91 Å². The highest BCUT2D eigenvalue weighted by Crippen LogP contribution is 2.59. The fraction of sp³-hybridized carbons (Fsp3) is 0.486. The highest BCUT2D eigenvalue weighted by molar-refractivity contribution is 6.07. The van der Waals surface area contributed by atoms with Crippen LogP contribution in [0.15, 0.2) is 72.8 Å². The normalized spacial score (nSPS) is 29.0. The van der Waals surface area contributed by atoms with Gasteiger partial charge in [-0.05, 0) is 74.2 Å². The van der Waals surface area contributed by atoms with Gasteiger partial charge in [-0.3, -0.25) is 14.4 Å². The lowest BCUT2D eigenvalue weighted by atomic mass is 9.73. The van der Waals surface area contributed by atoms with Gasteiger partial charge >= 0.3 is 0 Å². The molecule has 2 fully saturated rings. The second-order valence-electron chi connectivity index (χ2n) is 13.2.